The van der Waals surface area contributed by atoms with Crippen LogP contribution in [0.5, 0.6) is 0 Å². The number of likely N-dealkylation sites (tertiary alicyclic amines) is 1. The van der Waals surface area contributed by atoms with E-state index >= 15 is 0 Å². The number of amides is 1. The maximum absolute atomic E-state index is 13.6. The van der Waals surface area contributed by atoms with Gasteiger partial charge in [0.2, 0.25) is 15.9 Å². The van der Waals surface area contributed by atoms with E-state index < -0.39 is 22.1 Å². The van der Waals surface area contributed by atoms with E-state index in [1.807, 2.05) is 19.1 Å². The first-order valence-electron chi connectivity index (χ1n) is 12.1. The zero-order valence-electron chi connectivity index (χ0n) is 20.4. The molecule has 10 nitrogen and oxygen atoms in total. The van der Waals surface area contributed by atoms with Crippen molar-refractivity contribution in [3.05, 3.63) is 48.4 Å². The van der Waals surface area contributed by atoms with E-state index in [1.54, 1.807) is 24.5 Å². The average Bonchev–Trinajstić information content (AvgIpc) is 3.38. The molecule has 3 N–H and O–H groups in total. The van der Waals surface area contributed by atoms with Gasteiger partial charge in [0.05, 0.1) is 16.5 Å². The monoisotopic (exact) mass is 509 g/mol. The molecular weight excluding hydrogens is 478 g/mol. The molecule has 0 radical (unpaired) electrons. The number of aromatic amines is 1. The van der Waals surface area contributed by atoms with E-state index in [0.717, 1.165) is 12.1 Å². The quantitative estimate of drug-likeness (QED) is 0.376. The summed E-state index contributed by atoms with van der Waals surface area (Å²) in [5.74, 6) is 0.572. The zero-order valence-corrected chi connectivity index (χ0v) is 21.3. The number of hydrogen-bond donors (Lipinski definition) is 3. The molecular formula is C25H31N7O3S. The lowest BCUT2D eigenvalue weighted by molar-refractivity contribution is -0.136. The molecule has 3 aromatic rings. The molecule has 36 heavy (non-hydrogen) atoms. The Morgan fingerprint density at radius 3 is 2.92 bits per heavy atom. The number of nitriles is 1. The van der Waals surface area contributed by atoms with E-state index in [-0.39, 0.29) is 17.2 Å². The number of benzene rings is 1. The molecule has 2 unspecified atom stereocenters. The normalized spacial score (nSPS) is 19.1. The molecule has 1 aliphatic heterocycles. The van der Waals surface area contributed by atoms with Gasteiger partial charge in [-0.25, -0.2) is 13.4 Å². The molecule has 2 aromatic heterocycles. The van der Waals surface area contributed by atoms with Gasteiger partial charge in [-0.2, -0.15) is 9.98 Å². The number of piperidine rings is 1. The predicted molar refractivity (Wildman–Crippen MR) is 136 cm³/mol. The van der Waals surface area contributed by atoms with Gasteiger partial charge in [-0.1, -0.05) is 13.0 Å². The van der Waals surface area contributed by atoms with Crippen LogP contribution in [0.25, 0.3) is 10.9 Å². The van der Waals surface area contributed by atoms with Gasteiger partial charge in [-0.3, -0.25) is 9.78 Å². The Morgan fingerprint density at radius 1 is 1.33 bits per heavy atom. The number of H-pyrrole nitrogens is 1. The Balaban J connectivity index is 1.54. The van der Waals surface area contributed by atoms with E-state index in [9.17, 15) is 18.5 Å². The minimum Gasteiger partial charge on any atom is -0.356 e. The molecule has 0 bridgehead atoms. The summed E-state index contributed by atoms with van der Waals surface area (Å²) in [6, 6.07) is 9.03. The smallest absolute Gasteiger partial charge is 0.241 e. The molecule has 0 spiro atoms. The van der Waals surface area contributed by atoms with Crippen LogP contribution in [0.2, 0.25) is 0 Å². The van der Waals surface area contributed by atoms with Crippen LogP contribution in [-0.4, -0.2) is 59.4 Å². The van der Waals surface area contributed by atoms with Gasteiger partial charge in [0.1, 0.15) is 12.1 Å². The molecule has 1 amide bonds. The van der Waals surface area contributed by atoms with Gasteiger partial charge >= 0.3 is 0 Å². The fraction of sp³-hybridized carbons (Fsp3) is 0.440. The van der Waals surface area contributed by atoms with Crippen molar-refractivity contribution in [1.29, 1.82) is 5.26 Å². The number of hydrogen-bond acceptors (Lipinski definition) is 7. The standard InChI is InChI=1S/C25H31N7O3S/c1-17-9-13-32(20(14-17)16-26)24(33)23(4-3-10-27-25-28-11-12-29-25)31-36(34,35)21-7-8-22-19(15-21)6-5-18(2)30-22/h5-8,11-12,15,17,20,23,31H,3-4,9-10,13-14H2,1-2H3,(H2,27,28,29)/t17?,20?,23-/m0/s1. The lowest BCUT2D eigenvalue weighted by Gasteiger charge is -2.36. The molecule has 1 fully saturated rings. The summed E-state index contributed by atoms with van der Waals surface area (Å²) in [6.45, 7) is 4.86. The third kappa shape index (κ3) is 6.01. The largest absolute Gasteiger partial charge is 0.356 e. The lowest BCUT2D eigenvalue weighted by Crippen LogP contribution is -2.54. The van der Waals surface area contributed by atoms with Crippen molar-refractivity contribution in [2.45, 2.75) is 56.5 Å². The second-order valence-electron chi connectivity index (χ2n) is 9.29. The van der Waals surface area contributed by atoms with Crippen LogP contribution in [0, 0.1) is 24.2 Å². The van der Waals surface area contributed by atoms with Gasteiger partial charge in [-0.15, -0.1) is 0 Å². The molecule has 1 aromatic carbocycles. The third-order valence-electron chi connectivity index (χ3n) is 6.46. The number of imidazole rings is 1. The molecule has 3 atom stereocenters. The highest BCUT2D eigenvalue weighted by molar-refractivity contribution is 7.89. The van der Waals surface area contributed by atoms with Gasteiger partial charge in [0.15, 0.2) is 5.95 Å². The van der Waals surface area contributed by atoms with Gasteiger partial charge in [0, 0.05) is 36.6 Å². The van der Waals surface area contributed by atoms with Crippen molar-refractivity contribution in [3.63, 3.8) is 0 Å². The first-order chi connectivity index (χ1) is 17.3. The highest BCUT2D eigenvalue weighted by atomic mass is 32.2. The highest BCUT2D eigenvalue weighted by Gasteiger charge is 2.35. The SMILES string of the molecule is Cc1ccc2cc(S(=O)(=O)N[C@@H](CCCNc3ncc[nH]3)C(=O)N3CCC(C)CC3C#N)ccc2n1. The zero-order chi connectivity index (χ0) is 25.7. The number of carbonyl (C=O) groups excluding carboxylic acids is 1. The van der Waals surface area contributed by atoms with Crippen LogP contribution in [0.4, 0.5) is 5.95 Å². The van der Waals surface area contributed by atoms with Crippen molar-refractivity contribution in [3.8, 4) is 6.07 Å². The Bertz CT molecular complexity index is 1350. The van der Waals surface area contributed by atoms with E-state index in [0.29, 0.717) is 48.7 Å². The first kappa shape index (κ1) is 25.6. The van der Waals surface area contributed by atoms with E-state index in [4.69, 9.17) is 0 Å². The van der Waals surface area contributed by atoms with Crippen molar-refractivity contribution >= 4 is 32.8 Å². The fourth-order valence-electron chi connectivity index (χ4n) is 4.46. The summed E-state index contributed by atoms with van der Waals surface area (Å²) in [5.41, 5.74) is 1.54. The number of nitrogens with one attached hydrogen (secondary N) is 3. The second kappa shape index (κ2) is 11.1. The van der Waals surface area contributed by atoms with Crippen molar-refractivity contribution in [1.82, 2.24) is 24.6 Å². The van der Waals surface area contributed by atoms with Crippen LogP contribution >= 0.6 is 0 Å². The maximum Gasteiger partial charge on any atom is 0.241 e. The molecule has 1 saturated heterocycles. The summed E-state index contributed by atoms with van der Waals surface area (Å²) < 4.78 is 29.4. The molecule has 0 saturated carbocycles. The summed E-state index contributed by atoms with van der Waals surface area (Å²) in [6.07, 6.45) is 5.47. The molecule has 4 rings (SSSR count). The Morgan fingerprint density at radius 2 is 2.17 bits per heavy atom. The molecule has 1 aliphatic rings. The van der Waals surface area contributed by atoms with Crippen molar-refractivity contribution in [2.75, 3.05) is 18.4 Å². The number of pyridine rings is 1. The van der Waals surface area contributed by atoms with E-state index in [1.165, 1.54) is 11.0 Å². The third-order valence-corrected chi connectivity index (χ3v) is 7.93. The number of rotatable bonds is 9. The lowest BCUT2D eigenvalue weighted by atomic mass is 9.92. The maximum atomic E-state index is 13.6. The minimum absolute atomic E-state index is 0.0660. The Labute approximate surface area is 211 Å². The number of anilines is 1. The Kier molecular flexibility index (Phi) is 7.86. The van der Waals surface area contributed by atoms with Gasteiger partial charge in [0.25, 0.3) is 0 Å². The molecule has 0 aliphatic carbocycles. The van der Waals surface area contributed by atoms with Crippen molar-refractivity contribution < 1.29 is 13.2 Å². The van der Waals surface area contributed by atoms with Crippen LogP contribution in [0.15, 0.2) is 47.6 Å². The predicted octanol–water partition coefficient (Wildman–Crippen LogP) is 2.96. The number of nitrogens with zero attached hydrogens (tertiary/aromatic N) is 4. The number of aryl methyl sites for hydroxylation is 1. The summed E-state index contributed by atoms with van der Waals surface area (Å²) in [5, 5.41) is 13.5. The molecule has 3 heterocycles. The summed E-state index contributed by atoms with van der Waals surface area (Å²) in [4.78, 5) is 26.6. The van der Waals surface area contributed by atoms with Crippen LogP contribution in [-0.2, 0) is 14.8 Å². The van der Waals surface area contributed by atoms with E-state index in [2.05, 4.69) is 38.0 Å². The number of fused-ring (bicyclic) bond motifs is 1. The highest BCUT2D eigenvalue weighted by Crippen LogP contribution is 2.24. The van der Waals surface area contributed by atoms with Crippen LogP contribution < -0.4 is 10.0 Å². The topological polar surface area (TPSA) is 144 Å². The first-order valence-corrected chi connectivity index (χ1v) is 13.6. The fourth-order valence-corrected chi connectivity index (χ4v) is 5.72. The van der Waals surface area contributed by atoms with Gasteiger partial charge < -0.3 is 15.2 Å². The minimum atomic E-state index is -4.01. The Hall–Kier alpha value is -3.49. The van der Waals surface area contributed by atoms with Crippen LogP contribution in [0.3, 0.4) is 0 Å². The summed E-state index contributed by atoms with van der Waals surface area (Å²) in [7, 11) is -4.01. The molecule has 190 valence electrons. The average molecular weight is 510 g/mol. The van der Waals surface area contributed by atoms with Crippen molar-refractivity contribution in [2.24, 2.45) is 5.92 Å². The number of sulfonamides is 1. The number of carbonyl (C=O) groups is 1. The van der Waals surface area contributed by atoms with Crippen LogP contribution in [0.1, 0.15) is 38.3 Å². The molecule has 11 heteroatoms. The summed E-state index contributed by atoms with van der Waals surface area (Å²) >= 11 is 0. The van der Waals surface area contributed by atoms with Gasteiger partial charge in [-0.05, 0) is 62.8 Å². The number of aromatic nitrogens is 3. The second-order valence-corrected chi connectivity index (χ2v) is 11.0.